The van der Waals surface area contributed by atoms with Crippen LogP contribution in [0.2, 0.25) is 0 Å². The van der Waals surface area contributed by atoms with Gasteiger partial charge in [-0.3, -0.25) is 4.79 Å². The van der Waals surface area contributed by atoms with E-state index in [1.54, 1.807) is 0 Å². The normalized spacial score (nSPS) is 12.4. The van der Waals surface area contributed by atoms with Crippen LogP contribution in [0.1, 0.15) is 5.56 Å². The summed E-state index contributed by atoms with van der Waals surface area (Å²) in [6, 6.07) is 8.01. The number of para-hydroxylation sites is 1. The molecule has 3 rings (SSSR count). The number of aromatic amines is 2. The monoisotopic (exact) mass is 242 g/mol. The first kappa shape index (κ1) is 10.1. The molecule has 2 aromatic heterocycles. The third-order valence-corrected chi connectivity index (χ3v) is 3.49. The highest BCUT2D eigenvalue weighted by Gasteiger charge is 2.00. The lowest BCUT2D eigenvalue weighted by Crippen LogP contribution is -2.19. The molecule has 3 aromatic rings. The lowest BCUT2D eigenvalue weighted by atomic mass is 10.2. The maximum atomic E-state index is 11.6. The summed E-state index contributed by atoms with van der Waals surface area (Å²) in [7, 11) is 0. The van der Waals surface area contributed by atoms with Crippen molar-refractivity contribution in [2.45, 2.75) is 0 Å². The molecule has 1 aromatic carbocycles. The predicted molar refractivity (Wildman–Crippen MR) is 71.6 cm³/mol. The SMILES string of the molecule is C=c1[nH]c(=O)/c(=C/c2c[nH]c3ccccc23)s1. The van der Waals surface area contributed by atoms with Crippen LogP contribution >= 0.6 is 11.3 Å². The van der Waals surface area contributed by atoms with E-state index >= 15 is 0 Å². The van der Waals surface area contributed by atoms with E-state index in [4.69, 9.17) is 0 Å². The molecule has 84 valence electrons. The summed E-state index contributed by atoms with van der Waals surface area (Å²) in [5.74, 6) is 0. The first-order chi connectivity index (χ1) is 8.24. The molecule has 0 atom stereocenters. The Morgan fingerprint density at radius 3 is 2.88 bits per heavy atom. The van der Waals surface area contributed by atoms with Gasteiger partial charge in [0.1, 0.15) is 0 Å². The van der Waals surface area contributed by atoms with Gasteiger partial charge in [0.05, 0.1) is 9.20 Å². The maximum Gasteiger partial charge on any atom is 0.266 e. The zero-order valence-corrected chi connectivity index (χ0v) is 9.80. The third-order valence-electron chi connectivity index (χ3n) is 2.62. The van der Waals surface area contributed by atoms with Gasteiger partial charge in [0, 0.05) is 22.7 Å². The molecule has 0 radical (unpaired) electrons. The van der Waals surface area contributed by atoms with Crippen molar-refractivity contribution in [2.75, 3.05) is 0 Å². The smallest absolute Gasteiger partial charge is 0.266 e. The number of rotatable bonds is 1. The number of fused-ring (bicyclic) bond motifs is 1. The average molecular weight is 242 g/mol. The zero-order chi connectivity index (χ0) is 11.8. The number of benzene rings is 1. The molecule has 4 heteroatoms. The van der Waals surface area contributed by atoms with Gasteiger partial charge >= 0.3 is 0 Å². The van der Waals surface area contributed by atoms with Crippen LogP contribution in [-0.2, 0) is 0 Å². The minimum absolute atomic E-state index is 0.0784. The maximum absolute atomic E-state index is 11.6. The standard InChI is InChI=1S/C13H10N2OS/c1-8-15-13(16)12(17-8)6-9-7-14-11-5-3-2-4-10(9)11/h2-7,14H,1H2,(H,15,16)/b12-6-. The lowest BCUT2D eigenvalue weighted by Gasteiger charge is -1.89. The van der Waals surface area contributed by atoms with Crippen LogP contribution in [0.4, 0.5) is 0 Å². The van der Waals surface area contributed by atoms with E-state index in [1.807, 2.05) is 36.5 Å². The van der Waals surface area contributed by atoms with E-state index < -0.39 is 0 Å². The second-order valence-electron chi connectivity index (χ2n) is 3.78. The van der Waals surface area contributed by atoms with Crippen molar-refractivity contribution in [1.82, 2.24) is 9.97 Å². The summed E-state index contributed by atoms with van der Waals surface area (Å²) in [6.07, 6.45) is 3.80. The predicted octanol–water partition coefficient (Wildman–Crippen LogP) is 1.16. The Labute approximate surface area is 101 Å². The molecular weight excluding hydrogens is 232 g/mol. The Morgan fingerprint density at radius 2 is 2.12 bits per heavy atom. The van der Waals surface area contributed by atoms with Gasteiger partial charge < -0.3 is 9.97 Å². The van der Waals surface area contributed by atoms with Gasteiger partial charge in [-0.05, 0) is 12.1 Å². The van der Waals surface area contributed by atoms with Crippen LogP contribution in [0, 0.1) is 0 Å². The summed E-state index contributed by atoms with van der Waals surface area (Å²) >= 11 is 1.37. The van der Waals surface area contributed by atoms with E-state index in [9.17, 15) is 4.79 Å². The van der Waals surface area contributed by atoms with Crippen molar-refractivity contribution >= 4 is 34.9 Å². The molecule has 0 aliphatic heterocycles. The quantitative estimate of drug-likeness (QED) is 0.661. The van der Waals surface area contributed by atoms with Crippen molar-refractivity contribution in [3.8, 4) is 0 Å². The van der Waals surface area contributed by atoms with Crippen molar-refractivity contribution in [1.29, 1.82) is 0 Å². The molecule has 0 bridgehead atoms. The molecular formula is C13H10N2OS. The van der Waals surface area contributed by atoms with E-state index in [-0.39, 0.29) is 5.56 Å². The van der Waals surface area contributed by atoms with E-state index in [2.05, 4.69) is 16.5 Å². The summed E-state index contributed by atoms with van der Waals surface area (Å²) in [5.41, 5.74) is 2.01. The summed E-state index contributed by atoms with van der Waals surface area (Å²) in [5, 5.41) is 1.12. The molecule has 2 N–H and O–H groups in total. The minimum Gasteiger partial charge on any atom is -0.361 e. The molecule has 0 saturated carbocycles. The van der Waals surface area contributed by atoms with Gasteiger partial charge in [-0.2, -0.15) is 0 Å². The van der Waals surface area contributed by atoms with Gasteiger partial charge in [0.25, 0.3) is 5.56 Å². The average Bonchev–Trinajstić information content (AvgIpc) is 2.85. The van der Waals surface area contributed by atoms with Gasteiger partial charge in [-0.1, -0.05) is 24.8 Å². The fourth-order valence-electron chi connectivity index (χ4n) is 1.84. The molecule has 0 spiro atoms. The lowest BCUT2D eigenvalue weighted by molar-refractivity contribution is 1.26. The van der Waals surface area contributed by atoms with Crippen molar-refractivity contribution in [3.05, 3.63) is 55.6 Å². The summed E-state index contributed by atoms with van der Waals surface area (Å²) in [4.78, 5) is 17.4. The van der Waals surface area contributed by atoms with E-state index in [1.165, 1.54) is 11.3 Å². The molecule has 2 heterocycles. The number of hydrogen-bond donors (Lipinski definition) is 2. The molecule has 3 nitrogen and oxygen atoms in total. The minimum atomic E-state index is -0.0784. The first-order valence-electron chi connectivity index (χ1n) is 5.20. The Balaban J connectivity index is 2.31. The highest BCUT2D eigenvalue weighted by molar-refractivity contribution is 7.07. The largest absolute Gasteiger partial charge is 0.361 e. The van der Waals surface area contributed by atoms with Gasteiger partial charge in [0.15, 0.2) is 0 Å². The van der Waals surface area contributed by atoms with Crippen LogP contribution in [-0.4, -0.2) is 9.97 Å². The van der Waals surface area contributed by atoms with Crippen LogP contribution < -0.4 is 14.8 Å². The number of nitrogens with one attached hydrogen (secondary N) is 2. The molecule has 0 aliphatic carbocycles. The molecule has 0 fully saturated rings. The van der Waals surface area contributed by atoms with E-state index in [0.717, 1.165) is 16.5 Å². The highest BCUT2D eigenvalue weighted by atomic mass is 32.1. The molecule has 0 unspecified atom stereocenters. The Bertz CT molecular complexity index is 838. The van der Waals surface area contributed by atoms with Crippen LogP contribution in [0.3, 0.4) is 0 Å². The van der Waals surface area contributed by atoms with Crippen LogP contribution in [0.5, 0.6) is 0 Å². The summed E-state index contributed by atoms with van der Waals surface area (Å²) in [6.45, 7) is 3.73. The molecule has 0 aliphatic rings. The zero-order valence-electron chi connectivity index (χ0n) is 8.99. The fourth-order valence-corrected chi connectivity index (χ4v) is 2.58. The Hall–Kier alpha value is -2.07. The van der Waals surface area contributed by atoms with Crippen LogP contribution in [0.15, 0.2) is 35.3 Å². The number of hydrogen-bond acceptors (Lipinski definition) is 2. The number of H-pyrrole nitrogens is 2. The highest BCUT2D eigenvalue weighted by Crippen LogP contribution is 2.17. The van der Waals surface area contributed by atoms with Gasteiger partial charge in [-0.25, -0.2) is 0 Å². The number of aromatic nitrogens is 2. The van der Waals surface area contributed by atoms with E-state index in [0.29, 0.717) is 9.20 Å². The third kappa shape index (κ3) is 1.72. The second-order valence-corrected chi connectivity index (χ2v) is 4.91. The molecule has 0 amide bonds. The molecule has 17 heavy (non-hydrogen) atoms. The Kier molecular flexibility index (Phi) is 2.23. The van der Waals surface area contributed by atoms with Gasteiger partial charge in [-0.15, -0.1) is 11.3 Å². The fraction of sp³-hybridized carbons (Fsp3) is 0. The topological polar surface area (TPSA) is 48.6 Å². The second kappa shape index (κ2) is 3.75. The Morgan fingerprint density at radius 1 is 1.29 bits per heavy atom. The van der Waals surface area contributed by atoms with Gasteiger partial charge in [0.2, 0.25) is 0 Å². The first-order valence-corrected chi connectivity index (χ1v) is 6.01. The van der Waals surface area contributed by atoms with Crippen molar-refractivity contribution < 1.29 is 0 Å². The number of thiazole rings is 1. The van der Waals surface area contributed by atoms with Crippen molar-refractivity contribution in [2.24, 2.45) is 0 Å². The van der Waals surface area contributed by atoms with Crippen LogP contribution in [0.25, 0.3) is 23.6 Å². The molecule has 0 saturated heterocycles. The summed E-state index contributed by atoms with van der Waals surface area (Å²) < 4.78 is 1.36. The van der Waals surface area contributed by atoms with Crippen molar-refractivity contribution in [3.63, 3.8) is 0 Å².